The van der Waals surface area contributed by atoms with Crippen LogP contribution in [0.3, 0.4) is 0 Å². The fraction of sp³-hybridized carbons (Fsp3) is 0.500. The van der Waals surface area contributed by atoms with Gasteiger partial charge in [0, 0.05) is 6.04 Å². The van der Waals surface area contributed by atoms with Crippen molar-refractivity contribution < 1.29 is 4.39 Å². The molecule has 0 bridgehead atoms. The number of hydrogen-bond donors (Lipinski definition) is 1. The van der Waals surface area contributed by atoms with E-state index in [1.54, 1.807) is 6.07 Å². The zero-order chi connectivity index (χ0) is 14.8. The first-order valence-corrected chi connectivity index (χ1v) is 7.97. The van der Waals surface area contributed by atoms with E-state index in [1.165, 1.54) is 30.7 Å². The molecule has 0 unspecified atom stereocenters. The molecule has 112 valence electrons. The van der Waals surface area contributed by atoms with Crippen molar-refractivity contribution in [1.82, 2.24) is 20.2 Å². The van der Waals surface area contributed by atoms with Crippen molar-refractivity contribution >= 4 is 11.8 Å². The number of halogens is 1. The molecule has 1 fully saturated rings. The predicted molar refractivity (Wildman–Crippen MR) is 78.4 cm³/mol. The molecule has 2 aromatic rings. The summed E-state index contributed by atoms with van der Waals surface area (Å²) in [5.41, 5.74) is 6.55. The molecule has 1 heterocycles. The number of tetrazole rings is 1. The molecule has 0 spiro atoms. The Balaban J connectivity index is 1.82. The molecular formula is C14H18FN5S. The first kappa shape index (κ1) is 14.5. The third-order valence-corrected chi connectivity index (χ3v) is 4.82. The van der Waals surface area contributed by atoms with Crippen LogP contribution in [0.5, 0.6) is 0 Å². The van der Waals surface area contributed by atoms with E-state index in [1.807, 2.05) is 17.7 Å². The third-order valence-electron chi connectivity index (χ3n) is 3.82. The summed E-state index contributed by atoms with van der Waals surface area (Å²) in [5.74, 6) is -0.282. The summed E-state index contributed by atoms with van der Waals surface area (Å²) in [4.78, 5) is 0.522. The van der Waals surface area contributed by atoms with Crippen molar-refractivity contribution in [3.05, 3.63) is 29.6 Å². The van der Waals surface area contributed by atoms with Crippen LogP contribution >= 0.6 is 11.8 Å². The van der Waals surface area contributed by atoms with Crippen LogP contribution < -0.4 is 5.73 Å². The van der Waals surface area contributed by atoms with Crippen LogP contribution in [0.25, 0.3) is 0 Å². The van der Waals surface area contributed by atoms with E-state index in [0.717, 1.165) is 18.4 Å². The number of aromatic nitrogens is 4. The molecule has 7 heteroatoms. The van der Waals surface area contributed by atoms with Gasteiger partial charge in [-0.25, -0.2) is 9.07 Å². The predicted octanol–water partition coefficient (Wildman–Crippen LogP) is 3.10. The Morgan fingerprint density at radius 2 is 2.14 bits per heavy atom. The average molecular weight is 307 g/mol. The molecule has 0 radical (unpaired) electrons. The fourth-order valence-corrected chi connectivity index (χ4v) is 3.46. The maximum absolute atomic E-state index is 14.2. The Bertz CT molecular complexity index is 622. The van der Waals surface area contributed by atoms with Crippen LogP contribution in [0, 0.1) is 5.82 Å². The van der Waals surface area contributed by atoms with Crippen LogP contribution in [-0.4, -0.2) is 20.2 Å². The monoisotopic (exact) mass is 307 g/mol. The molecule has 1 atom stereocenters. The van der Waals surface area contributed by atoms with E-state index in [9.17, 15) is 4.39 Å². The van der Waals surface area contributed by atoms with E-state index < -0.39 is 0 Å². The first-order chi connectivity index (χ1) is 10.1. The summed E-state index contributed by atoms with van der Waals surface area (Å²) < 4.78 is 16.0. The van der Waals surface area contributed by atoms with Crippen molar-refractivity contribution in [3.8, 4) is 0 Å². The van der Waals surface area contributed by atoms with Crippen molar-refractivity contribution in [2.45, 2.75) is 54.7 Å². The summed E-state index contributed by atoms with van der Waals surface area (Å²) in [5, 5.41) is 12.5. The van der Waals surface area contributed by atoms with Crippen molar-refractivity contribution in [3.63, 3.8) is 0 Å². The van der Waals surface area contributed by atoms with Gasteiger partial charge >= 0.3 is 0 Å². The lowest BCUT2D eigenvalue weighted by Crippen LogP contribution is -2.08. The van der Waals surface area contributed by atoms with Crippen LogP contribution in [0.2, 0.25) is 0 Å². The van der Waals surface area contributed by atoms with Gasteiger partial charge in [-0.3, -0.25) is 0 Å². The van der Waals surface area contributed by atoms with Gasteiger partial charge in [0.25, 0.3) is 0 Å². The van der Waals surface area contributed by atoms with Gasteiger partial charge in [0.2, 0.25) is 5.16 Å². The molecule has 1 saturated carbocycles. The molecule has 0 saturated heterocycles. The highest BCUT2D eigenvalue weighted by molar-refractivity contribution is 7.99. The van der Waals surface area contributed by atoms with Gasteiger partial charge in [-0.05, 0) is 59.7 Å². The molecule has 0 aliphatic heterocycles. The van der Waals surface area contributed by atoms with Crippen LogP contribution in [0.4, 0.5) is 4.39 Å². The highest BCUT2D eigenvalue weighted by atomic mass is 32.2. The maximum atomic E-state index is 14.2. The molecule has 1 aliphatic rings. The Morgan fingerprint density at radius 1 is 1.38 bits per heavy atom. The molecule has 1 aromatic carbocycles. The topological polar surface area (TPSA) is 69.6 Å². The number of hydrogen-bond acceptors (Lipinski definition) is 5. The van der Waals surface area contributed by atoms with Gasteiger partial charge < -0.3 is 5.73 Å². The number of nitrogens with zero attached hydrogens (tertiary/aromatic N) is 4. The van der Waals surface area contributed by atoms with Crippen molar-refractivity contribution in [1.29, 1.82) is 0 Å². The zero-order valence-corrected chi connectivity index (χ0v) is 12.7. The first-order valence-electron chi connectivity index (χ1n) is 7.16. The van der Waals surface area contributed by atoms with Gasteiger partial charge in [0.1, 0.15) is 5.82 Å². The van der Waals surface area contributed by atoms with E-state index in [4.69, 9.17) is 5.73 Å². The molecule has 2 N–H and O–H groups in total. The van der Waals surface area contributed by atoms with E-state index in [0.29, 0.717) is 16.1 Å². The van der Waals surface area contributed by atoms with Crippen LogP contribution in [-0.2, 0) is 0 Å². The van der Waals surface area contributed by atoms with Gasteiger partial charge in [-0.15, -0.1) is 5.10 Å². The van der Waals surface area contributed by atoms with Gasteiger partial charge in [0.15, 0.2) is 0 Å². The minimum atomic E-state index is -0.282. The largest absolute Gasteiger partial charge is 0.324 e. The average Bonchev–Trinajstić information content (AvgIpc) is 3.11. The SMILES string of the molecule is C[C@H](N)c1ccc(Sc2nnnn2C2CCCC2)c(F)c1. The second kappa shape index (κ2) is 6.11. The molecular weight excluding hydrogens is 289 g/mol. The van der Waals surface area contributed by atoms with Gasteiger partial charge in [-0.1, -0.05) is 18.9 Å². The molecule has 21 heavy (non-hydrogen) atoms. The zero-order valence-electron chi connectivity index (χ0n) is 11.9. The summed E-state index contributed by atoms with van der Waals surface area (Å²) >= 11 is 1.27. The lowest BCUT2D eigenvalue weighted by atomic mass is 10.1. The molecule has 3 rings (SSSR count). The second-order valence-electron chi connectivity index (χ2n) is 5.42. The Morgan fingerprint density at radius 3 is 2.81 bits per heavy atom. The highest BCUT2D eigenvalue weighted by Crippen LogP contribution is 2.35. The fourth-order valence-electron chi connectivity index (χ4n) is 2.61. The van der Waals surface area contributed by atoms with E-state index in [-0.39, 0.29) is 11.9 Å². The third kappa shape index (κ3) is 3.08. The smallest absolute Gasteiger partial charge is 0.214 e. The maximum Gasteiger partial charge on any atom is 0.214 e. The van der Waals surface area contributed by atoms with Gasteiger partial charge in [0.05, 0.1) is 10.9 Å². The number of nitrogens with two attached hydrogens (primary N) is 1. The summed E-state index contributed by atoms with van der Waals surface area (Å²) in [6.07, 6.45) is 4.58. The van der Waals surface area contributed by atoms with E-state index >= 15 is 0 Å². The van der Waals surface area contributed by atoms with Crippen molar-refractivity contribution in [2.75, 3.05) is 0 Å². The summed E-state index contributed by atoms with van der Waals surface area (Å²) in [6.45, 7) is 1.84. The highest BCUT2D eigenvalue weighted by Gasteiger charge is 2.22. The van der Waals surface area contributed by atoms with Gasteiger partial charge in [-0.2, -0.15) is 0 Å². The Kier molecular flexibility index (Phi) is 4.21. The normalized spacial score (nSPS) is 17.3. The van der Waals surface area contributed by atoms with Crippen molar-refractivity contribution in [2.24, 2.45) is 5.73 Å². The van der Waals surface area contributed by atoms with Crippen LogP contribution in [0.1, 0.15) is 50.3 Å². The Labute approximate surface area is 127 Å². The number of benzene rings is 1. The molecule has 5 nitrogen and oxygen atoms in total. The lowest BCUT2D eigenvalue weighted by Gasteiger charge is -2.11. The van der Waals surface area contributed by atoms with Crippen LogP contribution in [0.15, 0.2) is 28.3 Å². The molecule has 1 aliphatic carbocycles. The quantitative estimate of drug-likeness (QED) is 0.940. The minimum Gasteiger partial charge on any atom is -0.324 e. The number of rotatable bonds is 4. The Hall–Kier alpha value is -1.47. The minimum absolute atomic E-state index is 0.178. The molecule has 0 amide bonds. The summed E-state index contributed by atoms with van der Waals surface area (Å²) in [7, 11) is 0. The molecule has 1 aromatic heterocycles. The second-order valence-corrected chi connectivity index (χ2v) is 6.43. The lowest BCUT2D eigenvalue weighted by molar-refractivity contribution is 0.423. The van der Waals surface area contributed by atoms with E-state index in [2.05, 4.69) is 15.5 Å². The standard InChI is InChI=1S/C14H18FN5S/c1-9(16)10-6-7-13(12(15)8-10)21-14-17-18-19-20(14)11-4-2-3-5-11/h6-9,11H,2-5,16H2,1H3/t9-/m0/s1. The summed E-state index contributed by atoms with van der Waals surface area (Å²) in [6, 6.07) is 5.24.